The summed E-state index contributed by atoms with van der Waals surface area (Å²) >= 11 is 0. The lowest BCUT2D eigenvalue weighted by Crippen LogP contribution is -2.39. The zero-order chi connectivity index (χ0) is 12.1. The highest BCUT2D eigenvalue weighted by Crippen LogP contribution is 2.06. The highest BCUT2D eigenvalue weighted by molar-refractivity contribution is 5.67. The van der Waals surface area contributed by atoms with Crippen LogP contribution < -0.4 is 5.32 Å². The Morgan fingerprint density at radius 3 is 2.53 bits per heavy atom. The van der Waals surface area contributed by atoms with Gasteiger partial charge in [-0.3, -0.25) is 10.1 Å². The molecule has 7 nitrogen and oxygen atoms in total. The average Bonchev–Trinajstić information content (AvgIpc) is 1.96. The Kier molecular flexibility index (Phi) is 4.99. The van der Waals surface area contributed by atoms with Gasteiger partial charge in [-0.05, 0) is 20.8 Å². The molecule has 0 aromatic heterocycles. The molecular weight excluding hydrogens is 204 g/mol. The van der Waals surface area contributed by atoms with Crippen LogP contribution in [-0.4, -0.2) is 40.9 Å². The molecular formula is C8H16N2O5. The van der Waals surface area contributed by atoms with Crippen LogP contribution in [0.4, 0.5) is 4.79 Å². The minimum Gasteiger partial charge on any atom is -0.444 e. The number of nitrogens with zero attached hydrogens (tertiary/aromatic N) is 1. The zero-order valence-corrected chi connectivity index (χ0v) is 9.02. The summed E-state index contributed by atoms with van der Waals surface area (Å²) in [6, 6.07) is 0. The van der Waals surface area contributed by atoms with Crippen molar-refractivity contribution in [2.45, 2.75) is 32.5 Å². The Morgan fingerprint density at radius 2 is 2.13 bits per heavy atom. The number of hydrogen-bond acceptors (Lipinski definition) is 5. The van der Waals surface area contributed by atoms with Crippen molar-refractivity contribution in [1.29, 1.82) is 0 Å². The summed E-state index contributed by atoms with van der Waals surface area (Å²) in [5.74, 6) is 0. The number of nitrogens with one attached hydrogen (secondary N) is 1. The number of rotatable bonds is 4. The van der Waals surface area contributed by atoms with Gasteiger partial charge in [-0.15, -0.1) is 0 Å². The SMILES string of the molecule is CC(C)(C)OC(=O)NCC(O)C[N+](=O)[O-]. The zero-order valence-electron chi connectivity index (χ0n) is 9.02. The van der Waals surface area contributed by atoms with Gasteiger partial charge in [0.15, 0.2) is 0 Å². The number of aliphatic hydroxyl groups excluding tert-OH is 1. The van der Waals surface area contributed by atoms with Crippen molar-refractivity contribution in [2.75, 3.05) is 13.1 Å². The van der Waals surface area contributed by atoms with Crippen LogP contribution >= 0.6 is 0 Å². The number of aliphatic hydroxyl groups is 1. The van der Waals surface area contributed by atoms with Gasteiger partial charge in [0.25, 0.3) is 0 Å². The highest BCUT2D eigenvalue weighted by Gasteiger charge is 2.18. The van der Waals surface area contributed by atoms with Crippen LogP contribution in [0.15, 0.2) is 0 Å². The van der Waals surface area contributed by atoms with Crippen molar-refractivity contribution in [3.63, 3.8) is 0 Å². The number of carbonyl (C=O) groups excluding carboxylic acids is 1. The molecule has 0 saturated heterocycles. The fourth-order valence-corrected chi connectivity index (χ4v) is 0.752. The van der Waals surface area contributed by atoms with Crippen LogP contribution in [0.25, 0.3) is 0 Å². The minimum atomic E-state index is -1.20. The number of alkyl carbamates (subject to hydrolysis) is 1. The maximum atomic E-state index is 11.0. The molecule has 0 saturated carbocycles. The molecule has 1 atom stereocenters. The Labute approximate surface area is 87.6 Å². The van der Waals surface area contributed by atoms with E-state index < -0.39 is 29.3 Å². The molecule has 0 heterocycles. The largest absolute Gasteiger partial charge is 0.444 e. The topological polar surface area (TPSA) is 102 Å². The lowest BCUT2D eigenvalue weighted by molar-refractivity contribution is -0.489. The minimum absolute atomic E-state index is 0.199. The molecule has 0 bridgehead atoms. The van der Waals surface area contributed by atoms with Crippen LogP contribution in [-0.2, 0) is 4.74 Å². The summed E-state index contributed by atoms with van der Waals surface area (Å²) in [6.07, 6.45) is -1.91. The second-order valence-electron chi connectivity index (χ2n) is 4.05. The Morgan fingerprint density at radius 1 is 1.60 bits per heavy atom. The van der Waals surface area contributed by atoms with E-state index in [0.29, 0.717) is 0 Å². The van der Waals surface area contributed by atoms with Crippen molar-refractivity contribution in [2.24, 2.45) is 0 Å². The predicted octanol–water partition coefficient (Wildman–Crippen LogP) is 0.149. The van der Waals surface area contributed by atoms with Gasteiger partial charge in [-0.2, -0.15) is 0 Å². The summed E-state index contributed by atoms with van der Waals surface area (Å²) in [5, 5.41) is 21.3. The van der Waals surface area contributed by atoms with Crippen molar-refractivity contribution in [3.8, 4) is 0 Å². The Hall–Kier alpha value is -1.37. The van der Waals surface area contributed by atoms with Crippen LogP contribution in [0.5, 0.6) is 0 Å². The fourth-order valence-electron chi connectivity index (χ4n) is 0.752. The third kappa shape index (κ3) is 8.95. The lowest BCUT2D eigenvalue weighted by atomic mass is 10.2. The van der Waals surface area contributed by atoms with Gasteiger partial charge in [-0.25, -0.2) is 4.79 Å². The normalized spacial score (nSPS) is 13.1. The maximum absolute atomic E-state index is 11.0. The smallest absolute Gasteiger partial charge is 0.407 e. The van der Waals surface area contributed by atoms with Gasteiger partial charge in [-0.1, -0.05) is 0 Å². The monoisotopic (exact) mass is 220 g/mol. The van der Waals surface area contributed by atoms with E-state index in [1.807, 2.05) is 0 Å². The maximum Gasteiger partial charge on any atom is 0.407 e. The molecule has 88 valence electrons. The fraction of sp³-hybridized carbons (Fsp3) is 0.875. The standard InChI is InChI=1S/C8H16N2O5/c1-8(2,3)15-7(12)9-4-6(11)5-10(13)14/h6,11H,4-5H2,1-3H3,(H,9,12). The van der Waals surface area contributed by atoms with E-state index in [0.717, 1.165) is 0 Å². The van der Waals surface area contributed by atoms with E-state index in [-0.39, 0.29) is 6.54 Å². The molecule has 0 fully saturated rings. The first-order chi connectivity index (χ1) is 6.70. The summed E-state index contributed by atoms with van der Waals surface area (Å²) in [5.41, 5.74) is -0.627. The van der Waals surface area contributed by atoms with E-state index >= 15 is 0 Å². The van der Waals surface area contributed by atoms with Gasteiger partial charge in [0, 0.05) is 4.92 Å². The molecule has 15 heavy (non-hydrogen) atoms. The van der Waals surface area contributed by atoms with Gasteiger partial charge in [0.2, 0.25) is 6.54 Å². The molecule has 0 aromatic carbocycles. The molecule has 1 amide bonds. The third-order valence-corrected chi connectivity index (χ3v) is 1.24. The van der Waals surface area contributed by atoms with E-state index in [1.54, 1.807) is 20.8 Å². The number of nitro groups is 1. The van der Waals surface area contributed by atoms with E-state index in [9.17, 15) is 14.9 Å². The van der Waals surface area contributed by atoms with Gasteiger partial charge in [0.05, 0.1) is 6.54 Å². The second kappa shape index (κ2) is 5.50. The third-order valence-electron chi connectivity index (χ3n) is 1.24. The quantitative estimate of drug-likeness (QED) is 0.518. The lowest BCUT2D eigenvalue weighted by Gasteiger charge is -2.20. The highest BCUT2D eigenvalue weighted by atomic mass is 16.6. The number of ether oxygens (including phenoxy) is 1. The molecule has 0 aliphatic carbocycles. The molecule has 2 N–H and O–H groups in total. The molecule has 7 heteroatoms. The first-order valence-corrected chi connectivity index (χ1v) is 4.47. The molecule has 0 aromatic rings. The van der Waals surface area contributed by atoms with E-state index in [4.69, 9.17) is 9.84 Å². The van der Waals surface area contributed by atoms with Crippen molar-refractivity contribution in [3.05, 3.63) is 10.1 Å². The molecule has 0 aliphatic heterocycles. The van der Waals surface area contributed by atoms with Gasteiger partial charge < -0.3 is 15.2 Å². The number of hydrogen-bond donors (Lipinski definition) is 2. The van der Waals surface area contributed by atoms with Crippen molar-refractivity contribution in [1.82, 2.24) is 5.32 Å². The van der Waals surface area contributed by atoms with E-state index in [1.165, 1.54) is 0 Å². The molecule has 0 radical (unpaired) electrons. The summed E-state index contributed by atoms with van der Waals surface area (Å²) in [6.45, 7) is 4.28. The van der Waals surface area contributed by atoms with Crippen molar-refractivity contribution < 1.29 is 19.6 Å². The van der Waals surface area contributed by atoms with Crippen LogP contribution in [0.3, 0.4) is 0 Å². The van der Waals surface area contributed by atoms with E-state index in [2.05, 4.69) is 5.32 Å². The van der Waals surface area contributed by atoms with Crippen molar-refractivity contribution >= 4 is 6.09 Å². The Balaban J connectivity index is 3.76. The summed E-state index contributed by atoms with van der Waals surface area (Å²) in [7, 11) is 0. The number of amides is 1. The molecule has 0 rings (SSSR count). The molecule has 0 aliphatic rings. The molecule has 0 spiro atoms. The Bertz CT molecular complexity index is 236. The summed E-state index contributed by atoms with van der Waals surface area (Å²) < 4.78 is 4.86. The van der Waals surface area contributed by atoms with Gasteiger partial charge >= 0.3 is 6.09 Å². The van der Waals surface area contributed by atoms with Crippen LogP contribution in [0.2, 0.25) is 0 Å². The van der Waals surface area contributed by atoms with Gasteiger partial charge in [0.1, 0.15) is 11.7 Å². The van der Waals surface area contributed by atoms with Crippen LogP contribution in [0, 0.1) is 10.1 Å². The van der Waals surface area contributed by atoms with Crippen LogP contribution in [0.1, 0.15) is 20.8 Å². The second-order valence-corrected chi connectivity index (χ2v) is 4.05. The first kappa shape index (κ1) is 13.6. The first-order valence-electron chi connectivity index (χ1n) is 4.47. The number of carbonyl (C=O) groups is 1. The molecule has 1 unspecified atom stereocenters. The predicted molar refractivity (Wildman–Crippen MR) is 52.1 cm³/mol. The summed E-state index contributed by atoms with van der Waals surface area (Å²) in [4.78, 5) is 20.4. The average molecular weight is 220 g/mol.